The zero-order chi connectivity index (χ0) is 16.0. The summed E-state index contributed by atoms with van der Waals surface area (Å²) in [4.78, 5) is 25.2. The number of ether oxygens (including phenoxy) is 1. The fourth-order valence-corrected chi connectivity index (χ4v) is 2.03. The van der Waals surface area contributed by atoms with E-state index in [0.29, 0.717) is 24.4 Å². The van der Waals surface area contributed by atoms with Gasteiger partial charge in [-0.25, -0.2) is 9.59 Å². The van der Waals surface area contributed by atoms with Crippen LogP contribution >= 0.6 is 0 Å². The van der Waals surface area contributed by atoms with Crippen LogP contribution in [0.2, 0.25) is 0 Å². The molecule has 2 amide bonds. The monoisotopic (exact) mass is 294 g/mol. The van der Waals surface area contributed by atoms with Crippen molar-refractivity contribution in [1.82, 2.24) is 4.90 Å². The number of anilines is 1. The van der Waals surface area contributed by atoms with E-state index in [9.17, 15) is 14.7 Å². The summed E-state index contributed by atoms with van der Waals surface area (Å²) in [6.07, 6.45) is 0. The topological polar surface area (TPSA) is 78.9 Å². The van der Waals surface area contributed by atoms with Gasteiger partial charge >= 0.3 is 12.0 Å². The number of urea groups is 1. The Morgan fingerprint density at radius 1 is 1.38 bits per heavy atom. The van der Waals surface area contributed by atoms with Gasteiger partial charge < -0.3 is 20.1 Å². The number of carbonyl (C=O) groups is 2. The maximum absolute atomic E-state index is 12.3. The van der Waals surface area contributed by atoms with Crippen LogP contribution in [0.4, 0.5) is 10.5 Å². The number of hydrogen-bond donors (Lipinski definition) is 2. The van der Waals surface area contributed by atoms with E-state index < -0.39 is 5.97 Å². The van der Waals surface area contributed by atoms with E-state index in [1.54, 1.807) is 37.1 Å². The number of amides is 2. The molecule has 6 heteroatoms. The van der Waals surface area contributed by atoms with Gasteiger partial charge in [0.1, 0.15) is 0 Å². The number of nitrogens with one attached hydrogen (secondary N) is 1. The molecule has 0 aliphatic heterocycles. The normalized spacial score (nSPS) is 10.5. The Morgan fingerprint density at radius 2 is 2.05 bits per heavy atom. The molecule has 0 saturated carbocycles. The Bertz CT molecular complexity index is 514. The first-order chi connectivity index (χ1) is 9.88. The maximum Gasteiger partial charge on any atom is 0.338 e. The summed E-state index contributed by atoms with van der Waals surface area (Å²) in [5.41, 5.74) is 1.02. The highest BCUT2D eigenvalue weighted by Gasteiger charge is 2.20. The SMILES string of the molecule is COCCN(C(=O)Nc1cccc(C)c1C(=O)O)C(C)C. The van der Waals surface area contributed by atoms with Crippen LogP contribution in [0.5, 0.6) is 0 Å². The van der Waals surface area contributed by atoms with Gasteiger partial charge in [-0.1, -0.05) is 12.1 Å². The second kappa shape index (κ2) is 7.64. The molecule has 21 heavy (non-hydrogen) atoms. The quantitative estimate of drug-likeness (QED) is 0.845. The number of aromatic carboxylic acids is 1. The Kier molecular flexibility index (Phi) is 6.17. The number of aryl methyl sites for hydroxylation is 1. The van der Waals surface area contributed by atoms with E-state index in [1.807, 2.05) is 13.8 Å². The van der Waals surface area contributed by atoms with E-state index in [4.69, 9.17) is 4.74 Å². The van der Waals surface area contributed by atoms with Crippen LogP contribution in [0, 0.1) is 6.92 Å². The zero-order valence-electron chi connectivity index (χ0n) is 12.8. The fourth-order valence-electron chi connectivity index (χ4n) is 2.03. The number of hydrogen-bond acceptors (Lipinski definition) is 3. The molecule has 0 aromatic heterocycles. The smallest absolute Gasteiger partial charge is 0.338 e. The lowest BCUT2D eigenvalue weighted by Crippen LogP contribution is -2.42. The van der Waals surface area contributed by atoms with Gasteiger partial charge in [0.05, 0.1) is 17.9 Å². The van der Waals surface area contributed by atoms with Crippen LogP contribution in [0.1, 0.15) is 29.8 Å². The molecule has 2 N–H and O–H groups in total. The summed E-state index contributed by atoms with van der Waals surface area (Å²) in [7, 11) is 1.57. The fraction of sp³-hybridized carbons (Fsp3) is 0.467. The predicted octanol–water partition coefficient (Wildman–Crippen LogP) is 2.58. The summed E-state index contributed by atoms with van der Waals surface area (Å²) in [6, 6.07) is 4.65. The first-order valence-electron chi connectivity index (χ1n) is 6.78. The standard InChI is InChI=1S/C15H22N2O4/c1-10(2)17(8-9-21-4)15(20)16-12-7-5-6-11(3)13(12)14(18)19/h5-7,10H,8-9H2,1-4H3,(H,16,20)(H,18,19). The van der Waals surface area contributed by atoms with Crippen molar-refractivity contribution in [3.63, 3.8) is 0 Å². The van der Waals surface area contributed by atoms with Crippen molar-refractivity contribution in [1.29, 1.82) is 0 Å². The van der Waals surface area contributed by atoms with Crippen LogP contribution in [0.15, 0.2) is 18.2 Å². The molecule has 1 rings (SSSR count). The first kappa shape index (κ1) is 17.0. The number of carboxylic acid groups (broad SMARTS) is 1. The Labute approximate surface area is 124 Å². The molecule has 0 bridgehead atoms. The highest BCUT2D eigenvalue weighted by molar-refractivity contribution is 6.01. The highest BCUT2D eigenvalue weighted by Crippen LogP contribution is 2.20. The Morgan fingerprint density at radius 3 is 2.57 bits per heavy atom. The van der Waals surface area contributed by atoms with E-state index in [2.05, 4.69) is 5.32 Å². The minimum atomic E-state index is -1.06. The molecule has 0 heterocycles. The third-order valence-corrected chi connectivity index (χ3v) is 3.15. The van der Waals surface area contributed by atoms with Gasteiger partial charge in [-0.2, -0.15) is 0 Å². The van der Waals surface area contributed by atoms with Crippen molar-refractivity contribution < 1.29 is 19.4 Å². The van der Waals surface area contributed by atoms with Crippen molar-refractivity contribution in [2.24, 2.45) is 0 Å². The second-order valence-electron chi connectivity index (χ2n) is 5.01. The van der Waals surface area contributed by atoms with Crippen molar-refractivity contribution in [2.75, 3.05) is 25.6 Å². The first-order valence-corrected chi connectivity index (χ1v) is 6.78. The minimum Gasteiger partial charge on any atom is -0.478 e. The summed E-state index contributed by atoms with van der Waals surface area (Å²) < 4.78 is 4.99. The van der Waals surface area contributed by atoms with Crippen LogP contribution in [0.3, 0.4) is 0 Å². The summed E-state index contributed by atoms with van der Waals surface area (Å²) in [5, 5.41) is 11.9. The molecule has 0 radical (unpaired) electrons. The molecule has 6 nitrogen and oxygen atoms in total. The molecule has 1 aromatic rings. The molecule has 116 valence electrons. The van der Waals surface area contributed by atoms with Crippen molar-refractivity contribution >= 4 is 17.7 Å². The lowest BCUT2D eigenvalue weighted by atomic mass is 10.1. The van der Waals surface area contributed by atoms with Crippen LogP contribution in [0.25, 0.3) is 0 Å². The Hall–Kier alpha value is -2.08. The molecule has 0 aliphatic rings. The number of methoxy groups -OCH3 is 1. The number of carbonyl (C=O) groups excluding carboxylic acids is 1. The summed E-state index contributed by atoms with van der Waals surface area (Å²) in [6.45, 7) is 6.34. The third-order valence-electron chi connectivity index (χ3n) is 3.15. The van der Waals surface area contributed by atoms with Gasteiger partial charge in [-0.15, -0.1) is 0 Å². The average molecular weight is 294 g/mol. The number of nitrogens with zero attached hydrogens (tertiary/aromatic N) is 1. The molecular formula is C15H22N2O4. The summed E-state index contributed by atoms with van der Waals surface area (Å²) in [5.74, 6) is -1.06. The minimum absolute atomic E-state index is 0.0155. The van der Waals surface area contributed by atoms with Gasteiger partial charge in [-0.05, 0) is 32.4 Å². The van der Waals surface area contributed by atoms with Gasteiger partial charge in [0, 0.05) is 19.7 Å². The lowest BCUT2D eigenvalue weighted by Gasteiger charge is -2.27. The van der Waals surface area contributed by atoms with Gasteiger partial charge in [0.2, 0.25) is 0 Å². The van der Waals surface area contributed by atoms with Crippen molar-refractivity contribution in [3.05, 3.63) is 29.3 Å². The molecule has 1 aromatic carbocycles. The molecule has 0 saturated heterocycles. The second-order valence-corrected chi connectivity index (χ2v) is 5.01. The predicted molar refractivity (Wildman–Crippen MR) is 80.9 cm³/mol. The lowest BCUT2D eigenvalue weighted by molar-refractivity contribution is 0.0697. The van der Waals surface area contributed by atoms with E-state index >= 15 is 0 Å². The molecule has 0 spiro atoms. The van der Waals surface area contributed by atoms with Gasteiger partial charge in [0.25, 0.3) is 0 Å². The van der Waals surface area contributed by atoms with Gasteiger partial charge in [0.15, 0.2) is 0 Å². The molecule has 0 aliphatic carbocycles. The van der Waals surface area contributed by atoms with E-state index in [-0.39, 0.29) is 17.6 Å². The van der Waals surface area contributed by atoms with Crippen LogP contribution in [-0.2, 0) is 4.74 Å². The zero-order valence-corrected chi connectivity index (χ0v) is 12.8. The maximum atomic E-state index is 12.3. The number of carboxylic acids is 1. The molecule has 0 fully saturated rings. The van der Waals surface area contributed by atoms with E-state index in [0.717, 1.165) is 0 Å². The number of rotatable bonds is 6. The van der Waals surface area contributed by atoms with E-state index in [1.165, 1.54) is 0 Å². The largest absolute Gasteiger partial charge is 0.478 e. The summed E-state index contributed by atoms with van der Waals surface area (Å²) >= 11 is 0. The average Bonchev–Trinajstić information content (AvgIpc) is 2.38. The van der Waals surface area contributed by atoms with Gasteiger partial charge in [-0.3, -0.25) is 0 Å². The molecule has 0 atom stereocenters. The highest BCUT2D eigenvalue weighted by atomic mass is 16.5. The van der Waals surface area contributed by atoms with Crippen LogP contribution < -0.4 is 5.32 Å². The third kappa shape index (κ3) is 4.46. The van der Waals surface area contributed by atoms with Crippen molar-refractivity contribution in [3.8, 4) is 0 Å². The van der Waals surface area contributed by atoms with Crippen molar-refractivity contribution in [2.45, 2.75) is 26.8 Å². The number of benzene rings is 1. The molecular weight excluding hydrogens is 272 g/mol. The Balaban J connectivity index is 2.96. The molecule has 0 unspecified atom stereocenters. The van der Waals surface area contributed by atoms with Crippen LogP contribution in [-0.4, -0.2) is 48.3 Å².